The number of rotatable bonds is 3. The predicted molar refractivity (Wildman–Crippen MR) is 87.2 cm³/mol. The third kappa shape index (κ3) is 2.16. The van der Waals surface area contributed by atoms with Gasteiger partial charge in [0.05, 0.1) is 7.11 Å². The highest BCUT2D eigenvalue weighted by molar-refractivity contribution is 5.93. The number of carbonyl (C=O) groups excluding carboxylic acids is 1. The number of ether oxygens (including phenoxy) is 1. The van der Waals surface area contributed by atoms with Crippen molar-refractivity contribution in [2.75, 3.05) is 7.11 Å². The first-order chi connectivity index (χ1) is 10.4. The van der Waals surface area contributed by atoms with Gasteiger partial charge in [-0.15, -0.1) is 0 Å². The molecule has 0 spiro atoms. The number of benzene rings is 1. The molecule has 2 aliphatic carbocycles. The van der Waals surface area contributed by atoms with Gasteiger partial charge in [0.1, 0.15) is 11.2 Å². The summed E-state index contributed by atoms with van der Waals surface area (Å²) in [5.41, 5.74) is 0.323. The van der Waals surface area contributed by atoms with Crippen LogP contribution in [0.4, 0.5) is 0 Å². The number of fused-ring (bicyclic) bond motifs is 1. The van der Waals surface area contributed by atoms with Crippen molar-refractivity contribution in [1.29, 1.82) is 0 Å². The van der Waals surface area contributed by atoms with Crippen LogP contribution >= 0.6 is 0 Å². The normalized spacial score (nSPS) is 29.4. The van der Waals surface area contributed by atoms with E-state index in [1.165, 1.54) is 5.56 Å². The topological polar surface area (TPSA) is 38.3 Å². The molecular formula is C19H23NO2. The molecule has 3 nitrogen and oxygen atoms in total. The summed E-state index contributed by atoms with van der Waals surface area (Å²) < 4.78 is 5.58. The van der Waals surface area contributed by atoms with Crippen LogP contribution in [0.5, 0.6) is 0 Å². The number of hydrogen-bond donors (Lipinski definition) is 1. The lowest BCUT2D eigenvalue weighted by Crippen LogP contribution is -2.46. The molecule has 0 aromatic heterocycles. The Hall–Kier alpha value is -2.03. The van der Waals surface area contributed by atoms with Crippen LogP contribution in [0.25, 0.3) is 0 Å². The Balaban J connectivity index is 2.02. The summed E-state index contributed by atoms with van der Waals surface area (Å²) in [6.07, 6.45) is 6.04. The Labute approximate surface area is 132 Å². The van der Waals surface area contributed by atoms with Crippen LogP contribution in [-0.2, 0) is 9.53 Å². The zero-order valence-corrected chi connectivity index (χ0v) is 13.6. The van der Waals surface area contributed by atoms with Gasteiger partial charge in [0.15, 0.2) is 0 Å². The van der Waals surface area contributed by atoms with Crippen molar-refractivity contribution < 1.29 is 9.53 Å². The average molecular weight is 297 g/mol. The fourth-order valence-corrected chi connectivity index (χ4v) is 3.61. The van der Waals surface area contributed by atoms with Gasteiger partial charge in [-0.1, -0.05) is 42.5 Å². The second kappa shape index (κ2) is 5.01. The van der Waals surface area contributed by atoms with E-state index >= 15 is 0 Å². The largest absolute Gasteiger partial charge is 0.500 e. The Morgan fingerprint density at radius 2 is 1.91 bits per heavy atom. The second-order valence-corrected chi connectivity index (χ2v) is 7.11. The van der Waals surface area contributed by atoms with Crippen molar-refractivity contribution in [3.05, 3.63) is 59.9 Å². The summed E-state index contributed by atoms with van der Waals surface area (Å²) >= 11 is 0. The SMILES string of the molecule is COC1=CC=C[C@@H]2[C@@H](c3ccccc3)[C@]12C(=O)NC(C)(C)C. The summed E-state index contributed by atoms with van der Waals surface area (Å²) in [4.78, 5) is 13.1. The van der Waals surface area contributed by atoms with Gasteiger partial charge in [0.2, 0.25) is 5.91 Å². The molecule has 1 N–H and O–H groups in total. The van der Waals surface area contributed by atoms with E-state index in [4.69, 9.17) is 4.74 Å². The van der Waals surface area contributed by atoms with Crippen LogP contribution in [0.3, 0.4) is 0 Å². The third-order valence-corrected chi connectivity index (χ3v) is 4.48. The fourth-order valence-electron chi connectivity index (χ4n) is 3.61. The van der Waals surface area contributed by atoms with Crippen molar-refractivity contribution in [2.45, 2.75) is 32.2 Å². The number of amides is 1. The lowest BCUT2D eigenvalue weighted by Gasteiger charge is -2.27. The number of hydrogen-bond acceptors (Lipinski definition) is 2. The molecule has 1 fully saturated rings. The molecule has 22 heavy (non-hydrogen) atoms. The first-order valence-corrected chi connectivity index (χ1v) is 7.72. The maximum Gasteiger partial charge on any atom is 0.235 e. The molecule has 3 heteroatoms. The minimum absolute atomic E-state index is 0.0521. The standard InChI is InChI=1S/C19H23NO2/c1-18(2,3)20-17(21)19-14(11-8-12-15(19)22-4)16(19)13-9-6-5-7-10-13/h5-12,14,16H,1-4H3,(H,20,21)/t14-,16-,19-/m1/s1. The molecule has 1 aromatic carbocycles. The van der Waals surface area contributed by atoms with E-state index < -0.39 is 5.41 Å². The molecule has 116 valence electrons. The lowest BCUT2D eigenvalue weighted by atomic mass is 9.91. The molecule has 0 radical (unpaired) electrons. The first kappa shape index (κ1) is 14.9. The van der Waals surface area contributed by atoms with Gasteiger partial charge in [-0.05, 0) is 32.4 Å². The van der Waals surface area contributed by atoms with Crippen LogP contribution < -0.4 is 5.32 Å². The maximum atomic E-state index is 13.1. The molecule has 0 heterocycles. The number of carbonyl (C=O) groups is 1. The monoisotopic (exact) mass is 297 g/mol. The van der Waals surface area contributed by atoms with Gasteiger partial charge < -0.3 is 10.1 Å². The summed E-state index contributed by atoms with van der Waals surface area (Å²) in [7, 11) is 1.65. The summed E-state index contributed by atoms with van der Waals surface area (Å²) in [6.45, 7) is 6.02. The minimum atomic E-state index is -0.599. The molecule has 0 bridgehead atoms. The highest BCUT2D eigenvalue weighted by Gasteiger charge is 2.72. The molecule has 1 amide bonds. The molecule has 2 aliphatic rings. The quantitative estimate of drug-likeness (QED) is 0.928. The molecule has 1 aromatic rings. The predicted octanol–water partition coefficient (Wildman–Crippen LogP) is 3.40. The van der Waals surface area contributed by atoms with Gasteiger partial charge in [0, 0.05) is 17.4 Å². The molecule has 3 atom stereocenters. The van der Waals surface area contributed by atoms with E-state index in [0.29, 0.717) is 0 Å². The molecule has 0 saturated heterocycles. The van der Waals surface area contributed by atoms with E-state index in [1.807, 2.05) is 51.1 Å². The van der Waals surface area contributed by atoms with Crippen molar-refractivity contribution in [2.24, 2.45) is 11.3 Å². The lowest BCUT2D eigenvalue weighted by molar-refractivity contribution is -0.128. The molecular weight excluding hydrogens is 274 g/mol. The zero-order valence-electron chi connectivity index (χ0n) is 13.6. The Bertz CT molecular complexity index is 639. The average Bonchev–Trinajstić information content (AvgIpc) is 3.16. The van der Waals surface area contributed by atoms with Gasteiger partial charge in [0.25, 0.3) is 0 Å². The van der Waals surface area contributed by atoms with Crippen molar-refractivity contribution >= 4 is 5.91 Å². The van der Waals surface area contributed by atoms with Crippen LogP contribution in [-0.4, -0.2) is 18.6 Å². The Kier molecular flexibility index (Phi) is 3.39. The van der Waals surface area contributed by atoms with Crippen LogP contribution in [0.1, 0.15) is 32.3 Å². The number of methoxy groups -OCH3 is 1. The molecule has 0 aliphatic heterocycles. The van der Waals surface area contributed by atoms with Crippen molar-refractivity contribution in [3.63, 3.8) is 0 Å². The molecule has 3 rings (SSSR count). The third-order valence-electron chi connectivity index (χ3n) is 4.48. The van der Waals surface area contributed by atoms with E-state index in [1.54, 1.807) is 7.11 Å². The van der Waals surface area contributed by atoms with E-state index in [9.17, 15) is 4.79 Å². The van der Waals surface area contributed by atoms with Crippen LogP contribution in [0, 0.1) is 11.3 Å². The Morgan fingerprint density at radius 1 is 1.23 bits per heavy atom. The fraction of sp³-hybridized carbons (Fsp3) is 0.421. The van der Waals surface area contributed by atoms with Crippen molar-refractivity contribution in [3.8, 4) is 0 Å². The summed E-state index contributed by atoms with van der Waals surface area (Å²) in [6, 6.07) is 10.2. The molecule has 0 unspecified atom stereocenters. The number of allylic oxidation sites excluding steroid dienone is 3. The first-order valence-electron chi connectivity index (χ1n) is 7.72. The summed E-state index contributed by atoms with van der Waals surface area (Å²) in [5, 5.41) is 3.14. The molecule has 1 saturated carbocycles. The van der Waals surface area contributed by atoms with Gasteiger partial charge in [-0.3, -0.25) is 4.79 Å². The number of nitrogens with one attached hydrogen (secondary N) is 1. The van der Waals surface area contributed by atoms with Crippen molar-refractivity contribution in [1.82, 2.24) is 5.32 Å². The zero-order chi connectivity index (χ0) is 16.0. The second-order valence-electron chi connectivity index (χ2n) is 7.11. The maximum absolute atomic E-state index is 13.1. The van der Waals surface area contributed by atoms with Crippen LogP contribution in [0.15, 0.2) is 54.3 Å². The minimum Gasteiger partial charge on any atom is -0.500 e. The highest BCUT2D eigenvalue weighted by atomic mass is 16.5. The van der Waals surface area contributed by atoms with Crippen LogP contribution in [0.2, 0.25) is 0 Å². The van der Waals surface area contributed by atoms with E-state index in [2.05, 4.69) is 23.5 Å². The van der Waals surface area contributed by atoms with Gasteiger partial charge >= 0.3 is 0 Å². The Morgan fingerprint density at radius 3 is 2.50 bits per heavy atom. The summed E-state index contributed by atoms with van der Waals surface area (Å²) in [5.74, 6) is 1.12. The van der Waals surface area contributed by atoms with E-state index in [0.717, 1.165) is 5.76 Å². The highest BCUT2D eigenvalue weighted by Crippen LogP contribution is 2.70. The smallest absolute Gasteiger partial charge is 0.235 e. The van der Waals surface area contributed by atoms with E-state index in [-0.39, 0.29) is 23.3 Å². The van der Waals surface area contributed by atoms with Gasteiger partial charge in [-0.25, -0.2) is 0 Å². The van der Waals surface area contributed by atoms with Gasteiger partial charge in [-0.2, -0.15) is 0 Å².